The van der Waals surface area contributed by atoms with Crippen molar-refractivity contribution in [3.05, 3.63) is 37.9 Å². The van der Waals surface area contributed by atoms with Crippen LogP contribution in [0.15, 0.2) is 12.1 Å². The first-order valence-corrected chi connectivity index (χ1v) is 4.06. The third-order valence-electron chi connectivity index (χ3n) is 1.48. The van der Waals surface area contributed by atoms with E-state index in [9.17, 15) is 14.9 Å². The number of carboxylic acids is 1. The van der Waals surface area contributed by atoms with Crippen molar-refractivity contribution in [1.29, 1.82) is 0 Å². The molecule has 0 saturated heterocycles. The summed E-state index contributed by atoms with van der Waals surface area (Å²) in [6.45, 7) is 0. The van der Waals surface area contributed by atoms with Crippen molar-refractivity contribution in [1.82, 2.24) is 0 Å². The number of halogens is 2. The van der Waals surface area contributed by atoms with Gasteiger partial charge < -0.3 is 6.53 Å². The first-order chi connectivity index (χ1) is 6.45. The molecule has 0 spiro atoms. The average molecular weight is 260 g/mol. The van der Waals surface area contributed by atoms with E-state index in [0.29, 0.717) is 0 Å². The molecule has 15 heavy (non-hydrogen) atoms. The Morgan fingerprint density at radius 2 is 2.00 bits per heavy atom. The molecule has 0 amide bonds. The number of benzene rings is 1. The molecular weight excluding hydrogens is 256 g/mol. The number of carboxylic acid groups (broad SMARTS) is 1. The van der Waals surface area contributed by atoms with Crippen molar-refractivity contribution in [2.75, 3.05) is 0 Å². The van der Waals surface area contributed by atoms with Gasteiger partial charge in [0, 0.05) is 0 Å². The van der Waals surface area contributed by atoms with Gasteiger partial charge in [0.05, 0.1) is 10.5 Å². The molecule has 1 N–H and O–H groups in total. The minimum atomic E-state index is -1.34. The second-order valence-corrected chi connectivity index (χ2v) is 3.10. The fraction of sp³-hybridized carbons (Fsp3) is 0. The molecule has 5 nitrogen and oxygen atoms in total. The third kappa shape index (κ3) is 3.06. The van der Waals surface area contributed by atoms with E-state index in [-0.39, 0.29) is 41.6 Å². The van der Waals surface area contributed by atoms with E-state index in [4.69, 9.17) is 28.3 Å². The molecule has 0 saturated carbocycles. The molecule has 0 aliphatic carbocycles. The Hall–Kier alpha value is -0.330. The van der Waals surface area contributed by atoms with Crippen LogP contribution in [-0.2, 0) is 0 Å². The fourth-order valence-electron chi connectivity index (χ4n) is 0.874. The van der Waals surface area contributed by atoms with Crippen LogP contribution in [0.4, 0.5) is 5.69 Å². The molecule has 1 rings (SSSR count). The molecule has 0 aliphatic rings. The van der Waals surface area contributed by atoms with E-state index in [1.165, 1.54) is 0 Å². The molecule has 0 bridgehead atoms. The van der Waals surface area contributed by atoms with Gasteiger partial charge in [-0.1, -0.05) is 23.2 Å². The van der Waals surface area contributed by atoms with Crippen LogP contribution in [0.5, 0.6) is 0 Å². The van der Waals surface area contributed by atoms with Crippen LogP contribution >= 0.6 is 23.2 Å². The van der Waals surface area contributed by atoms with Crippen molar-refractivity contribution >= 4 is 34.9 Å². The number of hydrogen-bond donors (Lipinski definition) is 1. The molecular formula is C7H4Cl2NNaO4. The fourth-order valence-corrected chi connectivity index (χ4v) is 1.46. The van der Waals surface area contributed by atoms with Crippen molar-refractivity contribution in [2.24, 2.45) is 0 Å². The topological polar surface area (TPSA) is 80.4 Å². The zero-order valence-electron chi connectivity index (χ0n) is 8.53. The summed E-state index contributed by atoms with van der Waals surface area (Å²) in [6.07, 6.45) is 0. The van der Waals surface area contributed by atoms with Gasteiger partial charge >= 0.3 is 41.2 Å². The van der Waals surface area contributed by atoms with Gasteiger partial charge in [-0.3, -0.25) is 10.1 Å². The van der Waals surface area contributed by atoms with Gasteiger partial charge in [-0.15, -0.1) is 0 Å². The van der Waals surface area contributed by atoms with Gasteiger partial charge in [0.15, 0.2) is 0 Å². The van der Waals surface area contributed by atoms with Crippen LogP contribution in [0.2, 0.25) is 10.0 Å². The standard InChI is InChI=1S/C7H3Cl2NO4.Na.H/c8-4-2-1-3(7(11)12)5(9)6(4)10(13)14;;/h1-2H,(H,11,12);;/q;+1;-1. The summed E-state index contributed by atoms with van der Waals surface area (Å²) in [5, 5.41) is 18.4. The Bertz CT molecular complexity index is 429. The molecule has 76 valence electrons. The number of carbonyl (C=O) groups is 1. The molecule has 0 aromatic heterocycles. The zero-order chi connectivity index (χ0) is 10.9. The summed E-state index contributed by atoms with van der Waals surface area (Å²) < 4.78 is 0. The van der Waals surface area contributed by atoms with E-state index < -0.39 is 21.6 Å². The number of hydrogen-bond acceptors (Lipinski definition) is 3. The Morgan fingerprint density at radius 3 is 2.40 bits per heavy atom. The first kappa shape index (κ1) is 14.7. The minimum Gasteiger partial charge on any atom is -1.00 e. The van der Waals surface area contributed by atoms with Crippen LogP contribution in [0.3, 0.4) is 0 Å². The van der Waals surface area contributed by atoms with E-state index in [0.717, 1.165) is 12.1 Å². The molecule has 0 unspecified atom stereocenters. The summed E-state index contributed by atoms with van der Waals surface area (Å²) in [5.74, 6) is -1.34. The van der Waals surface area contributed by atoms with Crippen LogP contribution in [0, 0.1) is 10.1 Å². The molecule has 1 aromatic carbocycles. The SMILES string of the molecule is O=C(O)c1ccc(Cl)c([N+](=O)[O-])c1Cl.[H-].[Na+]. The normalized spacial score (nSPS) is 9.20. The molecule has 0 radical (unpaired) electrons. The van der Waals surface area contributed by atoms with E-state index in [1.54, 1.807) is 0 Å². The number of nitro groups is 1. The monoisotopic (exact) mass is 259 g/mol. The van der Waals surface area contributed by atoms with Gasteiger partial charge in [0.2, 0.25) is 0 Å². The second-order valence-electron chi connectivity index (χ2n) is 2.32. The van der Waals surface area contributed by atoms with Gasteiger partial charge in [0.1, 0.15) is 10.0 Å². The summed E-state index contributed by atoms with van der Waals surface area (Å²) in [4.78, 5) is 20.2. The van der Waals surface area contributed by atoms with Crippen LogP contribution in [0.25, 0.3) is 0 Å². The maximum absolute atomic E-state index is 10.6. The second kappa shape index (κ2) is 5.67. The molecule has 0 atom stereocenters. The predicted molar refractivity (Wildman–Crippen MR) is 51.2 cm³/mol. The first-order valence-electron chi connectivity index (χ1n) is 3.31. The molecule has 8 heteroatoms. The van der Waals surface area contributed by atoms with Crippen LogP contribution < -0.4 is 29.6 Å². The van der Waals surface area contributed by atoms with Crippen LogP contribution in [0.1, 0.15) is 11.8 Å². The van der Waals surface area contributed by atoms with Gasteiger partial charge in [-0.05, 0) is 12.1 Å². The molecule has 1 aromatic rings. The number of nitro benzene ring substituents is 1. The summed E-state index contributed by atoms with van der Waals surface area (Å²) in [6, 6.07) is 2.23. The van der Waals surface area contributed by atoms with Crippen molar-refractivity contribution in [3.63, 3.8) is 0 Å². The van der Waals surface area contributed by atoms with Crippen molar-refractivity contribution in [3.8, 4) is 0 Å². The summed E-state index contributed by atoms with van der Waals surface area (Å²) in [7, 11) is 0. The van der Waals surface area contributed by atoms with E-state index >= 15 is 0 Å². The van der Waals surface area contributed by atoms with Gasteiger partial charge in [0.25, 0.3) is 0 Å². The average Bonchev–Trinajstić information content (AvgIpc) is 2.02. The summed E-state index contributed by atoms with van der Waals surface area (Å²) in [5.41, 5.74) is -0.934. The Balaban J connectivity index is 0. The Kier molecular flexibility index (Phi) is 5.55. The third-order valence-corrected chi connectivity index (χ3v) is 2.17. The Labute approximate surface area is 118 Å². The van der Waals surface area contributed by atoms with Gasteiger partial charge in [-0.2, -0.15) is 0 Å². The van der Waals surface area contributed by atoms with Crippen molar-refractivity contribution < 1.29 is 45.8 Å². The predicted octanol–water partition coefficient (Wildman–Crippen LogP) is -0.284. The number of nitrogens with zero attached hydrogens (tertiary/aromatic N) is 1. The smallest absolute Gasteiger partial charge is 1.00 e. The number of rotatable bonds is 2. The molecule has 0 fully saturated rings. The zero-order valence-corrected chi connectivity index (χ0v) is 11.0. The van der Waals surface area contributed by atoms with Gasteiger partial charge in [-0.25, -0.2) is 4.79 Å². The maximum Gasteiger partial charge on any atom is 1.00 e. The maximum atomic E-state index is 10.6. The quantitative estimate of drug-likeness (QED) is 0.450. The molecule has 0 heterocycles. The minimum absolute atomic E-state index is 0. The largest absolute Gasteiger partial charge is 1.00 e. The van der Waals surface area contributed by atoms with Crippen LogP contribution in [-0.4, -0.2) is 16.0 Å². The summed E-state index contributed by atoms with van der Waals surface area (Å²) >= 11 is 11.0. The van der Waals surface area contributed by atoms with E-state index in [2.05, 4.69) is 0 Å². The van der Waals surface area contributed by atoms with Crippen molar-refractivity contribution in [2.45, 2.75) is 0 Å². The van der Waals surface area contributed by atoms with E-state index in [1.807, 2.05) is 0 Å². The number of aromatic carboxylic acids is 1. The Morgan fingerprint density at radius 1 is 1.47 bits per heavy atom. The molecule has 0 aliphatic heterocycles.